The molecule has 1 aromatic heterocycles. The van der Waals surface area contributed by atoms with E-state index >= 15 is 0 Å². The molecule has 6 heteroatoms. The Bertz CT molecular complexity index is 1050. The summed E-state index contributed by atoms with van der Waals surface area (Å²) in [5.74, 6) is 0.715. The minimum atomic E-state index is -0.315. The molecule has 0 bridgehead atoms. The maximum Gasteiger partial charge on any atom is 0.300 e. The van der Waals surface area contributed by atoms with Crippen LogP contribution >= 0.6 is 0 Å². The Balaban J connectivity index is 1.45. The number of rotatable bonds is 4. The molecular weight excluding hydrogens is 330 g/mol. The molecule has 2 heterocycles. The molecule has 1 atom stereocenters. The molecule has 128 valence electrons. The lowest BCUT2D eigenvalue weighted by atomic mass is 10.0. The van der Waals surface area contributed by atoms with Crippen molar-refractivity contribution >= 4 is 0 Å². The SMILES string of the molecule is N#Cc1cccc(-c2cccc(OCC3Cn4ccc(=O)nc4O3)c2)c1. The van der Waals surface area contributed by atoms with Gasteiger partial charge in [-0.05, 0) is 35.4 Å². The van der Waals surface area contributed by atoms with Crippen molar-refractivity contribution in [3.8, 4) is 29.0 Å². The van der Waals surface area contributed by atoms with E-state index in [0.29, 0.717) is 30.5 Å². The molecular formula is C20H15N3O3. The highest BCUT2D eigenvalue weighted by molar-refractivity contribution is 5.66. The van der Waals surface area contributed by atoms with E-state index in [4.69, 9.17) is 14.7 Å². The molecule has 1 aliphatic heterocycles. The van der Waals surface area contributed by atoms with Crippen LogP contribution in [0.2, 0.25) is 0 Å². The molecule has 3 aromatic rings. The second kappa shape index (κ2) is 6.73. The minimum Gasteiger partial charge on any atom is -0.490 e. The Morgan fingerprint density at radius 1 is 1.19 bits per heavy atom. The lowest BCUT2D eigenvalue weighted by molar-refractivity contribution is 0.143. The molecule has 1 unspecified atom stereocenters. The van der Waals surface area contributed by atoms with Crippen LogP contribution in [-0.2, 0) is 6.54 Å². The zero-order valence-corrected chi connectivity index (χ0v) is 13.8. The Labute approximate surface area is 149 Å². The average molecular weight is 345 g/mol. The topological polar surface area (TPSA) is 77.1 Å². The highest BCUT2D eigenvalue weighted by atomic mass is 16.6. The quantitative estimate of drug-likeness (QED) is 0.726. The van der Waals surface area contributed by atoms with E-state index in [1.807, 2.05) is 42.5 Å². The van der Waals surface area contributed by atoms with Gasteiger partial charge in [-0.25, -0.2) is 0 Å². The summed E-state index contributed by atoms with van der Waals surface area (Å²) in [5.41, 5.74) is 2.24. The first-order chi connectivity index (χ1) is 12.7. The third-order valence-corrected chi connectivity index (χ3v) is 4.12. The van der Waals surface area contributed by atoms with Crippen molar-refractivity contribution in [1.29, 1.82) is 5.26 Å². The van der Waals surface area contributed by atoms with Crippen LogP contribution in [0.3, 0.4) is 0 Å². The summed E-state index contributed by atoms with van der Waals surface area (Å²) in [6.07, 6.45) is 1.47. The van der Waals surface area contributed by atoms with E-state index < -0.39 is 0 Å². The van der Waals surface area contributed by atoms with E-state index in [-0.39, 0.29) is 11.7 Å². The van der Waals surface area contributed by atoms with Crippen molar-refractivity contribution in [2.45, 2.75) is 12.6 Å². The number of hydrogen-bond donors (Lipinski definition) is 0. The maximum atomic E-state index is 11.3. The monoisotopic (exact) mass is 345 g/mol. The molecule has 4 rings (SSSR count). The molecule has 0 N–H and O–H groups in total. The molecule has 2 aromatic carbocycles. The first-order valence-corrected chi connectivity index (χ1v) is 8.19. The van der Waals surface area contributed by atoms with E-state index in [0.717, 1.165) is 11.1 Å². The molecule has 0 amide bonds. The van der Waals surface area contributed by atoms with Gasteiger partial charge in [0.2, 0.25) is 0 Å². The van der Waals surface area contributed by atoms with Crippen LogP contribution in [0.15, 0.2) is 65.6 Å². The lowest BCUT2D eigenvalue weighted by Crippen LogP contribution is -2.23. The van der Waals surface area contributed by atoms with Gasteiger partial charge in [0.15, 0.2) is 6.10 Å². The van der Waals surface area contributed by atoms with Crippen LogP contribution in [0.5, 0.6) is 11.8 Å². The number of fused-ring (bicyclic) bond motifs is 1. The van der Waals surface area contributed by atoms with Crippen LogP contribution < -0.4 is 15.0 Å². The van der Waals surface area contributed by atoms with Gasteiger partial charge in [0.05, 0.1) is 18.2 Å². The van der Waals surface area contributed by atoms with Gasteiger partial charge in [-0.15, -0.1) is 0 Å². The number of aromatic nitrogens is 2. The van der Waals surface area contributed by atoms with Crippen LogP contribution in [0, 0.1) is 11.3 Å². The summed E-state index contributed by atoms with van der Waals surface area (Å²) in [6, 6.07) is 19.0. The van der Waals surface area contributed by atoms with Crippen LogP contribution in [-0.4, -0.2) is 22.3 Å². The predicted octanol–water partition coefficient (Wildman–Crippen LogP) is 2.62. The van der Waals surface area contributed by atoms with E-state index in [2.05, 4.69) is 11.1 Å². The summed E-state index contributed by atoms with van der Waals surface area (Å²) in [6.45, 7) is 0.936. The largest absolute Gasteiger partial charge is 0.490 e. The summed E-state index contributed by atoms with van der Waals surface area (Å²) >= 11 is 0. The van der Waals surface area contributed by atoms with Gasteiger partial charge in [-0.3, -0.25) is 9.36 Å². The second-order valence-electron chi connectivity index (χ2n) is 5.97. The van der Waals surface area contributed by atoms with Crippen molar-refractivity contribution in [2.75, 3.05) is 6.61 Å². The van der Waals surface area contributed by atoms with Crippen molar-refractivity contribution in [3.05, 3.63) is 76.7 Å². The van der Waals surface area contributed by atoms with Crippen molar-refractivity contribution < 1.29 is 9.47 Å². The molecule has 0 saturated heterocycles. The number of nitriles is 1. The standard InChI is InChI=1S/C20H15N3O3/c21-11-14-3-1-4-15(9-14)16-5-2-6-17(10-16)25-13-18-12-23-8-7-19(24)22-20(23)26-18/h1-10,18H,12-13H2. The van der Waals surface area contributed by atoms with Gasteiger partial charge < -0.3 is 9.47 Å². The number of ether oxygens (including phenoxy) is 2. The zero-order chi connectivity index (χ0) is 17.9. The van der Waals surface area contributed by atoms with Gasteiger partial charge >= 0.3 is 0 Å². The molecule has 0 fully saturated rings. The summed E-state index contributed by atoms with van der Waals surface area (Å²) in [7, 11) is 0. The van der Waals surface area contributed by atoms with E-state index in [1.165, 1.54) is 6.07 Å². The van der Waals surface area contributed by atoms with Crippen LogP contribution in [0.1, 0.15) is 5.56 Å². The Hall–Kier alpha value is -3.59. The van der Waals surface area contributed by atoms with Gasteiger partial charge in [0.1, 0.15) is 12.4 Å². The maximum absolute atomic E-state index is 11.3. The first-order valence-electron chi connectivity index (χ1n) is 8.19. The smallest absolute Gasteiger partial charge is 0.300 e. The molecule has 1 aliphatic rings. The number of hydrogen-bond acceptors (Lipinski definition) is 5. The van der Waals surface area contributed by atoms with Gasteiger partial charge in [0, 0.05) is 12.3 Å². The summed E-state index contributed by atoms with van der Waals surface area (Å²) in [4.78, 5) is 15.1. The van der Waals surface area contributed by atoms with Crippen molar-refractivity contribution in [2.24, 2.45) is 0 Å². The van der Waals surface area contributed by atoms with Crippen molar-refractivity contribution in [1.82, 2.24) is 9.55 Å². The molecule has 0 spiro atoms. The molecule has 0 aliphatic carbocycles. The zero-order valence-electron chi connectivity index (χ0n) is 13.8. The Morgan fingerprint density at radius 2 is 2.00 bits per heavy atom. The summed E-state index contributed by atoms with van der Waals surface area (Å²) < 4.78 is 13.3. The van der Waals surface area contributed by atoms with Gasteiger partial charge in [-0.2, -0.15) is 10.2 Å². The Kier molecular flexibility index (Phi) is 4.12. The fourth-order valence-electron chi connectivity index (χ4n) is 2.86. The van der Waals surface area contributed by atoms with E-state index in [9.17, 15) is 4.79 Å². The van der Waals surface area contributed by atoms with E-state index in [1.54, 1.807) is 16.8 Å². The minimum absolute atomic E-state index is 0.199. The highest BCUT2D eigenvalue weighted by Crippen LogP contribution is 2.25. The van der Waals surface area contributed by atoms with Crippen LogP contribution in [0.4, 0.5) is 0 Å². The summed E-state index contributed by atoms with van der Waals surface area (Å²) in [5, 5.41) is 9.05. The number of nitrogens with zero attached hydrogens (tertiary/aromatic N) is 3. The van der Waals surface area contributed by atoms with Gasteiger partial charge in [-0.1, -0.05) is 24.3 Å². The van der Waals surface area contributed by atoms with Gasteiger partial charge in [0.25, 0.3) is 11.6 Å². The molecule has 0 radical (unpaired) electrons. The molecule has 26 heavy (non-hydrogen) atoms. The second-order valence-corrected chi connectivity index (χ2v) is 5.97. The average Bonchev–Trinajstić information content (AvgIpc) is 3.08. The fourth-order valence-corrected chi connectivity index (χ4v) is 2.86. The lowest BCUT2D eigenvalue weighted by Gasteiger charge is -2.12. The van der Waals surface area contributed by atoms with Crippen molar-refractivity contribution in [3.63, 3.8) is 0 Å². The highest BCUT2D eigenvalue weighted by Gasteiger charge is 2.23. The van der Waals surface area contributed by atoms with Crippen LogP contribution in [0.25, 0.3) is 11.1 Å². The first kappa shape index (κ1) is 15.9. The third-order valence-electron chi connectivity index (χ3n) is 4.12. The Morgan fingerprint density at radius 3 is 2.85 bits per heavy atom. The third kappa shape index (κ3) is 3.28. The number of benzene rings is 2. The molecule has 0 saturated carbocycles. The fraction of sp³-hybridized carbons (Fsp3) is 0.150. The normalized spacial score (nSPS) is 15.0. The predicted molar refractivity (Wildman–Crippen MR) is 95.0 cm³/mol. The molecule has 6 nitrogen and oxygen atoms in total.